The molecule has 0 amide bonds. The smallest absolute Gasteiger partial charge is 0.243 e. The molecule has 0 spiro atoms. The number of rotatable bonds is 3. The van der Waals surface area contributed by atoms with E-state index in [0.29, 0.717) is 18.0 Å². The predicted molar refractivity (Wildman–Crippen MR) is 97.9 cm³/mol. The number of aromatic nitrogens is 2. The van der Waals surface area contributed by atoms with E-state index in [9.17, 15) is 8.42 Å². The lowest BCUT2D eigenvalue weighted by molar-refractivity contribution is 0.312. The van der Waals surface area contributed by atoms with E-state index in [-0.39, 0.29) is 5.92 Å². The van der Waals surface area contributed by atoms with Gasteiger partial charge in [-0.25, -0.2) is 8.42 Å². The highest BCUT2D eigenvalue weighted by Gasteiger charge is 2.32. The lowest BCUT2D eigenvalue weighted by Gasteiger charge is -2.31. The largest absolute Gasteiger partial charge is 0.276 e. The van der Waals surface area contributed by atoms with Crippen LogP contribution in [-0.4, -0.2) is 35.6 Å². The predicted octanol–water partition coefficient (Wildman–Crippen LogP) is 3.14. The van der Waals surface area contributed by atoms with Crippen molar-refractivity contribution in [2.45, 2.75) is 23.7 Å². The number of sulfonamides is 1. The fraction of sp³-hybridized carbons (Fsp3) is 0.316. The minimum Gasteiger partial charge on any atom is -0.276 e. The van der Waals surface area contributed by atoms with Gasteiger partial charge in [-0.2, -0.15) is 9.40 Å². The van der Waals surface area contributed by atoms with Crippen molar-refractivity contribution in [2.75, 3.05) is 13.1 Å². The molecule has 0 aliphatic carbocycles. The van der Waals surface area contributed by atoms with Crippen molar-refractivity contribution >= 4 is 20.8 Å². The van der Waals surface area contributed by atoms with Crippen molar-refractivity contribution in [1.82, 2.24) is 14.1 Å². The lowest BCUT2D eigenvalue weighted by atomic mass is 9.96. The SMILES string of the molecule is Cn1ccc(C2CCCN(S(=O)(=O)c3cccc4ccccc34)C2)n1. The first-order valence-corrected chi connectivity index (χ1v) is 9.97. The van der Waals surface area contributed by atoms with E-state index in [0.717, 1.165) is 29.3 Å². The third kappa shape index (κ3) is 2.96. The molecule has 4 rings (SSSR count). The second kappa shape index (κ2) is 6.28. The van der Waals surface area contributed by atoms with Crippen LogP contribution in [0.4, 0.5) is 0 Å². The number of aryl methyl sites for hydroxylation is 1. The van der Waals surface area contributed by atoms with E-state index in [1.54, 1.807) is 15.1 Å². The van der Waals surface area contributed by atoms with Crippen molar-refractivity contribution in [2.24, 2.45) is 7.05 Å². The van der Waals surface area contributed by atoms with E-state index in [2.05, 4.69) is 5.10 Å². The first kappa shape index (κ1) is 16.3. The molecular formula is C19H21N3O2S. The second-order valence-corrected chi connectivity index (χ2v) is 8.50. The molecule has 3 aromatic rings. The zero-order valence-electron chi connectivity index (χ0n) is 14.2. The van der Waals surface area contributed by atoms with Gasteiger partial charge in [0, 0.05) is 37.6 Å². The van der Waals surface area contributed by atoms with Crippen LogP contribution in [0.25, 0.3) is 10.8 Å². The summed E-state index contributed by atoms with van der Waals surface area (Å²) in [5.41, 5.74) is 0.973. The van der Waals surface area contributed by atoms with Crippen molar-refractivity contribution in [3.63, 3.8) is 0 Å². The van der Waals surface area contributed by atoms with Gasteiger partial charge in [0.1, 0.15) is 0 Å². The number of hydrogen-bond acceptors (Lipinski definition) is 3. The standard InChI is InChI=1S/C19H21N3O2S/c1-21-13-11-18(20-21)16-8-5-12-22(14-16)25(23,24)19-10-4-7-15-6-2-3-9-17(15)19/h2-4,6-7,9-11,13,16H,5,8,12,14H2,1H3. The third-order valence-corrected chi connectivity index (χ3v) is 6.83. The molecule has 2 heterocycles. The summed E-state index contributed by atoms with van der Waals surface area (Å²) in [5.74, 6) is 0.153. The molecule has 130 valence electrons. The summed E-state index contributed by atoms with van der Waals surface area (Å²) < 4.78 is 30.0. The van der Waals surface area contributed by atoms with Gasteiger partial charge in [-0.15, -0.1) is 0 Å². The van der Waals surface area contributed by atoms with E-state index in [4.69, 9.17) is 0 Å². The van der Waals surface area contributed by atoms with E-state index in [1.807, 2.05) is 55.7 Å². The molecule has 0 bridgehead atoms. The molecule has 0 saturated carbocycles. The summed E-state index contributed by atoms with van der Waals surface area (Å²) in [6, 6.07) is 15.1. The first-order valence-electron chi connectivity index (χ1n) is 8.53. The molecule has 6 heteroatoms. The maximum absolute atomic E-state index is 13.3. The van der Waals surface area contributed by atoms with Gasteiger partial charge in [0.25, 0.3) is 0 Å². The Hall–Kier alpha value is -2.18. The highest BCUT2D eigenvalue weighted by molar-refractivity contribution is 7.89. The highest BCUT2D eigenvalue weighted by Crippen LogP contribution is 2.31. The summed E-state index contributed by atoms with van der Waals surface area (Å²) in [6.07, 6.45) is 3.73. The quantitative estimate of drug-likeness (QED) is 0.725. The minimum absolute atomic E-state index is 0.153. The minimum atomic E-state index is -3.52. The van der Waals surface area contributed by atoms with E-state index in [1.165, 1.54) is 0 Å². The molecule has 0 radical (unpaired) electrons. The van der Waals surface area contributed by atoms with Crippen LogP contribution in [0.1, 0.15) is 24.5 Å². The zero-order valence-corrected chi connectivity index (χ0v) is 15.0. The zero-order chi connectivity index (χ0) is 17.4. The molecule has 1 unspecified atom stereocenters. The Morgan fingerprint density at radius 2 is 1.88 bits per heavy atom. The molecule has 0 N–H and O–H groups in total. The van der Waals surface area contributed by atoms with Crippen LogP contribution < -0.4 is 0 Å². The Balaban J connectivity index is 1.69. The average molecular weight is 355 g/mol. The van der Waals surface area contributed by atoms with Gasteiger partial charge in [-0.1, -0.05) is 36.4 Å². The molecule has 25 heavy (non-hydrogen) atoms. The van der Waals surface area contributed by atoms with Gasteiger partial charge in [0.05, 0.1) is 10.6 Å². The van der Waals surface area contributed by atoms with Crippen LogP contribution in [0.15, 0.2) is 59.6 Å². The molecule has 1 aliphatic rings. The van der Waals surface area contributed by atoms with Crippen LogP contribution in [0.3, 0.4) is 0 Å². The molecule has 1 atom stereocenters. The van der Waals surface area contributed by atoms with Crippen LogP contribution in [-0.2, 0) is 17.1 Å². The number of nitrogens with zero attached hydrogens (tertiary/aromatic N) is 3. The Bertz CT molecular complexity index is 1000. The van der Waals surface area contributed by atoms with Crippen molar-refractivity contribution in [3.8, 4) is 0 Å². The van der Waals surface area contributed by atoms with Gasteiger partial charge < -0.3 is 0 Å². The van der Waals surface area contributed by atoms with E-state index < -0.39 is 10.0 Å². The number of fused-ring (bicyclic) bond motifs is 1. The summed E-state index contributed by atoms with van der Waals surface area (Å²) in [7, 11) is -1.64. The van der Waals surface area contributed by atoms with Gasteiger partial charge in [-0.05, 0) is 30.4 Å². The Kier molecular flexibility index (Phi) is 4.09. The highest BCUT2D eigenvalue weighted by atomic mass is 32.2. The van der Waals surface area contributed by atoms with Gasteiger partial charge in [-0.3, -0.25) is 4.68 Å². The van der Waals surface area contributed by atoms with Crippen molar-refractivity contribution < 1.29 is 8.42 Å². The summed E-state index contributed by atoms with van der Waals surface area (Å²) in [5, 5.41) is 6.20. The fourth-order valence-corrected chi connectivity index (χ4v) is 5.35. The average Bonchev–Trinajstić information content (AvgIpc) is 3.08. The number of hydrogen-bond donors (Lipinski definition) is 0. The van der Waals surface area contributed by atoms with Gasteiger partial charge >= 0.3 is 0 Å². The van der Waals surface area contributed by atoms with Crippen LogP contribution in [0.5, 0.6) is 0 Å². The molecule has 1 saturated heterocycles. The van der Waals surface area contributed by atoms with Crippen molar-refractivity contribution in [3.05, 3.63) is 60.4 Å². The summed E-state index contributed by atoms with van der Waals surface area (Å²) in [6.45, 7) is 1.05. The Morgan fingerprint density at radius 3 is 2.68 bits per heavy atom. The van der Waals surface area contributed by atoms with Crippen molar-refractivity contribution in [1.29, 1.82) is 0 Å². The van der Waals surface area contributed by atoms with Crippen LogP contribution >= 0.6 is 0 Å². The third-order valence-electron chi connectivity index (χ3n) is 4.90. The molecule has 1 fully saturated rings. The molecule has 1 aromatic heterocycles. The van der Waals surface area contributed by atoms with Crippen LogP contribution in [0.2, 0.25) is 0 Å². The summed E-state index contributed by atoms with van der Waals surface area (Å²) >= 11 is 0. The Morgan fingerprint density at radius 1 is 1.08 bits per heavy atom. The monoisotopic (exact) mass is 355 g/mol. The second-order valence-electron chi connectivity index (χ2n) is 6.59. The molecule has 1 aliphatic heterocycles. The molecule has 5 nitrogen and oxygen atoms in total. The van der Waals surface area contributed by atoms with Gasteiger partial charge in [0.15, 0.2) is 0 Å². The van der Waals surface area contributed by atoms with E-state index >= 15 is 0 Å². The molecule has 2 aromatic carbocycles. The number of benzene rings is 2. The fourth-order valence-electron chi connectivity index (χ4n) is 3.61. The van der Waals surface area contributed by atoms with Gasteiger partial charge in [0.2, 0.25) is 10.0 Å². The first-order chi connectivity index (χ1) is 12.1. The lowest BCUT2D eigenvalue weighted by Crippen LogP contribution is -2.39. The molecular weight excluding hydrogens is 334 g/mol. The summed E-state index contributed by atoms with van der Waals surface area (Å²) in [4.78, 5) is 0.396. The van der Waals surface area contributed by atoms with Crippen LogP contribution in [0, 0.1) is 0 Å². The Labute approximate surface area is 147 Å². The topological polar surface area (TPSA) is 55.2 Å². The maximum Gasteiger partial charge on any atom is 0.243 e. The maximum atomic E-state index is 13.3. The number of piperidine rings is 1. The normalized spacial score (nSPS) is 19.3.